The average molecular weight is 369 g/mol. The van der Waals surface area contributed by atoms with E-state index in [2.05, 4.69) is 0 Å². The third-order valence-electron chi connectivity index (χ3n) is 4.44. The zero-order valence-electron chi connectivity index (χ0n) is 14.2. The van der Waals surface area contributed by atoms with Crippen LogP contribution in [0.25, 0.3) is 0 Å². The molecule has 2 fully saturated rings. The highest BCUT2D eigenvalue weighted by molar-refractivity contribution is 7.89. The lowest BCUT2D eigenvalue weighted by atomic mass is 10.3. The number of nitrogens with zero attached hydrogens (tertiary/aromatic N) is 1. The number of benzene rings is 1. The Morgan fingerprint density at radius 1 is 1.20 bits per heavy atom. The van der Waals surface area contributed by atoms with Crippen LogP contribution in [0.2, 0.25) is 0 Å². The van der Waals surface area contributed by atoms with Crippen molar-refractivity contribution in [3.63, 3.8) is 0 Å². The Morgan fingerprint density at radius 2 is 1.84 bits per heavy atom. The van der Waals surface area contributed by atoms with Crippen molar-refractivity contribution in [3.05, 3.63) is 24.3 Å². The fraction of sp³-hybridized carbons (Fsp3) is 0.588. The van der Waals surface area contributed by atoms with E-state index in [1.54, 1.807) is 12.1 Å². The van der Waals surface area contributed by atoms with Gasteiger partial charge in [0.15, 0.2) is 0 Å². The molecule has 0 radical (unpaired) electrons. The van der Waals surface area contributed by atoms with Crippen molar-refractivity contribution in [2.24, 2.45) is 11.8 Å². The third-order valence-corrected chi connectivity index (χ3v) is 6.35. The Hall–Kier alpha value is -1.64. The summed E-state index contributed by atoms with van der Waals surface area (Å²) < 4.78 is 42.2. The summed E-state index contributed by atoms with van der Waals surface area (Å²) in [7, 11) is -3.49. The summed E-state index contributed by atoms with van der Waals surface area (Å²) in [6, 6.07) is 6.27. The van der Waals surface area contributed by atoms with E-state index >= 15 is 0 Å². The van der Waals surface area contributed by atoms with Gasteiger partial charge in [-0.3, -0.25) is 4.79 Å². The molecule has 25 heavy (non-hydrogen) atoms. The summed E-state index contributed by atoms with van der Waals surface area (Å²) in [6.45, 7) is 4.02. The molecule has 0 aromatic heterocycles. The largest absolute Gasteiger partial charge is 0.490 e. The quantitative estimate of drug-likeness (QED) is 0.532. The number of rotatable bonds is 7. The van der Waals surface area contributed by atoms with Crippen molar-refractivity contribution in [2.45, 2.75) is 18.2 Å². The van der Waals surface area contributed by atoms with Gasteiger partial charge in [0.05, 0.1) is 24.0 Å². The second-order valence-electron chi connectivity index (χ2n) is 6.32. The van der Waals surface area contributed by atoms with Gasteiger partial charge in [0, 0.05) is 13.1 Å². The Morgan fingerprint density at radius 3 is 2.44 bits per heavy atom. The highest BCUT2D eigenvalue weighted by Crippen LogP contribution is 2.38. The van der Waals surface area contributed by atoms with Crippen molar-refractivity contribution in [3.8, 4) is 5.75 Å². The first-order valence-corrected chi connectivity index (χ1v) is 9.90. The van der Waals surface area contributed by atoms with E-state index in [1.165, 1.54) is 16.4 Å². The molecule has 0 bridgehead atoms. The minimum Gasteiger partial charge on any atom is -0.490 e. The molecule has 2 atom stereocenters. The fourth-order valence-corrected chi connectivity index (χ4v) is 4.11. The smallest absolute Gasteiger partial charge is 0.309 e. The molecule has 1 heterocycles. The standard InChI is InChI=1S/C17H23NO6S/c1-13-12-16(13)17(19)24-11-10-23-14-2-4-15(5-3-14)25(20,21)18-6-8-22-9-7-18/h2-5,13,16H,6-12H2,1H3. The molecule has 1 aromatic carbocycles. The van der Waals surface area contributed by atoms with Crippen LogP contribution in [0.4, 0.5) is 0 Å². The molecule has 1 saturated carbocycles. The Kier molecular flexibility index (Phi) is 5.61. The predicted octanol–water partition coefficient (Wildman–Crippen LogP) is 1.29. The molecule has 8 heteroatoms. The van der Waals surface area contributed by atoms with Crippen LogP contribution >= 0.6 is 0 Å². The van der Waals surface area contributed by atoms with Gasteiger partial charge in [-0.1, -0.05) is 6.92 Å². The van der Waals surface area contributed by atoms with E-state index in [1.807, 2.05) is 6.92 Å². The van der Waals surface area contributed by atoms with Crippen LogP contribution in [0.5, 0.6) is 5.75 Å². The van der Waals surface area contributed by atoms with Crippen LogP contribution in [0.3, 0.4) is 0 Å². The van der Waals surface area contributed by atoms with E-state index in [0.717, 1.165) is 6.42 Å². The van der Waals surface area contributed by atoms with Crippen molar-refractivity contribution in [2.75, 3.05) is 39.5 Å². The summed E-state index contributed by atoms with van der Waals surface area (Å²) >= 11 is 0. The van der Waals surface area contributed by atoms with Gasteiger partial charge in [-0.05, 0) is 36.6 Å². The van der Waals surface area contributed by atoms with Gasteiger partial charge >= 0.3 is 5.97 Å². The maximum absolute atomic E-state index is 12.5. The summed E-state index contributed by atoms with van der Waals surface area (Å²) in [5.41, 5.74) is 0. The maximum atomic E-state index is 12.5. The molecule has 1 aliphatic carbocycles. The Balaban J connectivity index is 1.47. The van der Waals surface area contributed by atoms with Gasteiger partial charge in [0.25, 0.3) is 0 Å². The molecule has 1 saturated heterocycles. The van der Waals surface area contributed by atoms with Crippen LogP contribution in [-0.4, -0.2) is 58.2 Å². The molecule has 0 amide bonds. The van der Waals surface area contributed by atoms with Gasteiger partial charge in [0.2, 0.25) is 10.0 Å². The lowest BCUT2D eigenvalue weighted by Crippen LogP contribution is -2.40. The summed E-state index contributed by atoms with van der Waals surface area (Å²) in [5.74, 6) is 0.846. The molecule has 0 spiro atoms. The normalized spacial score (nSPS) is 23.9. The van der Waals surface area contributed by atoms with Gasteiger partial charge in [-0.15, -0.1) is 0 Å². The number of morpholine rings is 1. The number of ether oxygens (including phenoxy) is 3. The van der Waals surface area contributed by atoms with Gasteiger partial charge in [0.1, 0.15) is 19.0 Å². The molecule has 1 aliphatic heterocycles. The molecule has 2 aliphatic rings. The summed E-state index contributed by atoms with van der Waals surface area (Å²) in [6.07, 6.45) is 0.902. The zero-order chi connectivity index (χ0) is 17.9. The number of hydrogen-bond acceptors (Lipinski definition) is 6. The van der Waals surface area contributed by atoms with Crippen LogP contribution < -0.4 is 4.74 Å². The number of hydrogen-bond donors (Lipinski definition) is 0. The van der Waals surface area contributed by atoms with Crippen molar-refractivity contribution in [1.29, 1.82) is 0 Å². The lowest BCUT2D eigenvalue weighted by molar-refractivity contribution is -0.146. The SMILES string of the molecule is CC1CC1C(=O)OCCOc1ccc(S(=O)(=O)N2CCOCC2)cc1. The summed E-state index contributed by atoms with van der Waals surface area (Å²) in [5, 5.41) is 0. The zero-order valence-corrected chi connectivity index (χ0v) is 15.0. The van der Waals surface area contributed by atoms with Gasteiger partial charge < -0.3 is 14.2 Å². The molecular weight excluding hydrogens is 346 g/mol. The number of esters is 1. The van der Waals surface area contributed by atoms with E-state index in [0.29, 0.717) is 38.0 Å². The predicted molar refractivity (Wildman–Crippen MR) is 89.7 cm³/mol. The second-order valence-corrected chi connectivity index (χ2v) is 8.26. The molecule has 138 valence electrons. The summed E-state index contributed by atoms with van der Waals surface area (Å²) in [4.78, 5) is 11.8. The second kappa shape index (κ2) is 7.72. The van der Waals surface area contributed by atoms with Crippen LogP contribution in [0.1, 0.15) is 13.3 Å². The van der Waals surface area contributed by atoms with E-state index in [4.69, 9.17) is 14.2 Å². The molecule has 0 N–H and O–H groups in total. The topological polar surface area (TPSA) is 82.1 Å². The third kappa shape index (κ3) is 4.50. The maximum Gasteiger partial charge on any atom is 0.309 e. The monoisotopic (exact) mass is 369 g/mol. The van der Waals surface area contributed by atoms with Gasteiger partial charge in [-0.25, -0.2) is 8.42 Å². The van der Waals surface area contributed by atoms with E-state index in [-0.39, 0.29) is 30.0 Å². The molecule has 1 aromatic rings. The fourth-order valence-electron chi connectivity index (χ4n) is 2.70. The molecule has 7 nitrogen and oxygen atoms in total. The van der Waals surface area contributed by atoms with Crippen molar-refractivity contribution < 1.29 is 27.4 Å². The molecular formula is C17H23NO6S. The first-order valence-electron chi connectivity index (χ1n) is 8.46. The van der Waals surface area contributed by atoms with Crippen molar-refractivity contribution in [1.82, 2.24) is 4.31 Å². The highest BCUT2D eigenvalue weighted by atomic mass is 32.2. The highest BCUT2D eigenvalue weighted by Gasteiger charge is 2.40. The first-order chi connectivity index (χ1) is 12.0. The van der Waals surface area contributed by atoms with E-state index < -0.39 is 10.0 Å². The van der Waals surface area contributed by atoms with Crippen LogP contribution in [-0.2, 0) is 24.3 Å². The minimum atomic E-state index is -3.49. The number of carbonyl (C=O) groups is 1. The average Bonchev–Trinajstić information content (AvgIpc) is 3.36. The number of carbonyl (C=O) groups excluding carboxylic acids is 1. The number of sulfonamides is 1. The lowest BCUT2D eigenvalue weighted by Gasteiger charge is -2.26. The Bertz CT molecular complexity index is 696. The van der Waals surface area contributed by atoms with Crippen LogP contribution in [0.15, 0.2) is 29.2 Å². The van der Waals surface area contributed by atoms with Crippen molar-refractivity contribution >= 4 is 16.0 Å². The molecule has 3 rings (SSSR count). The minimum absolute atomic E-state index is 0.0460. The van der Waals surface area contributed by atoms with E-state index in [9.17, 15) is 13.2 Å². The van der Waals surface area contributed by atoms with Crippen LogP contribution in [0, 0.1) is 11.8 Å². The molecule has 2 unspecified atom stereocenters. The Labute approximate surface area is 147 Å². The first kappa shape index (κ1) is 18.2. The van der Waals surface area contributed by atoms with Gasteiger partial charge in [-0.2, -0.15) is 4.31 Å².